The SMILES string of the molecule is CCOP(=O)(OCC)c1c(-c2ccccc2)c2ccccc2oc1=O. The van der Waals surface area contributed by atoms with Gasteiger partial charge in [0.25, 0.3) is 0 Å². The van der Waals surface area contributed by atoms with Crippen molar-refractivity contribution in [1.29, 1.82) is 0 Å². The van der Waals surface area contributed by atoms with E-state index in [1.54, 1.807) is 26.0 Å². The lowest BCUT2D eigenvalue weighted by atomic mass is 10.0. The molecule has 0 unspecified atom stereocenters. The normalized spacial score (nSPS) is 11.8. The van der Waals surface area contributed by atoms with Crippen LogP contribution in [-0.2, 0) is 13.6 Å². The summed E-state index contributed by atoms with van der Waals surface area (Å²) < 4.78 is 29.6. The van der Waals surface area contributed by atoms with Crippen LogP contribution < -0.4 is 10.9 Å². The molecule has 1 heterocycles. The quantitative estimate of drug-likeness (QED) is 0.484. The van der Waals surface area contributed by atoms with Gasteiger partial charge in [-0.05, 0) is 25.5 Å². The number of benzene rings is 2. The summed E-state index contributed by atoms with van der Waals surface area (Å²) in [5.74, 6) is 0. The van der Waals surface area contributed by atoms with Gasteiger partial charge >= 0.3 is 13.2 Å². The maximum absolute atomic E-state index is 13.4. The summed E-state index contributed by atoms with van der Waals surface area (Å²) in [6.07, 6.45) is 0. The third-order valence-corrected chi connectivity index (χ3v) is 5.87. The Morgan fingerprint density at radius 2 is 1.52 bits per heavy atom. The zero-order chi connectivity index (χ0) is 17.9. The molecule has 1 aromatic heterocycles. The van der Waals surface area contributed by atoms with E-state index in [0.29, 0.717) is 16.5 Å². The van der Waals surface area contributed by atoms with E-state index >= 15 is 0 Å². The second-order valence-corrected chi connectivity index (χ2v) is 7.27. The first kappa shape index (κ1) is 17.6. The molecule has 25 heavy (non-hydrogen) atoms. The zero-order valence-electron chi connectivity index (χ0n) is 14.1. The summed E-state index contributed by atoms with van der Waals surface area (Å²) in [6.45, 7) is 3.71. The maximum atomic E-state index is 13.4. The van der Waals surface area contributed by atoms with Crippen LogP contribution >= 0.6 is 7.60 Å². The molecule has 6 heteroatoms. The molecule has 0 amide bonds. The Balaban J connectivity index is 2.44. The predicted octanol–water partition coefficient (Wildman–Crippen LogP) is 4.35. The minimum Gasteiger partial charge on any atom is -0.422 e. The summed E-state index contributed by atoms with van der Waals surface area (Å²) in [5.41, 5.74) is 0.997. The van der Waals surface area contributed by atoms with Crippen LogP contribution in [0.3, 0.4) is 0 Å². The van der Waals surface area contributed by atoms with Crippen molar-refractivity contribution < 1.29 is 18.0 Å². The maximum Gasteiger partial charge on any atom is 0.369 e. The van der Waals surface area contributed by atoms with E-state index in [2.05, 4.69) is 0 Å². The van der Waals surface area contributed by atoms with Crippen LogP contribution in [0.4, 0.5) is 0 Å². The zero-order valence-corrected chi connectivity index (χ0v) is 15.0. The van der Waals surface area contributed by atoms with Gasteiger partial charge in [0.1, 0.15) is 5.58 Å². The first-order valence-corrected chi connectivity index (χ1v) is 9.66. The molecule has 0 bridgehead atoms. The van der Waals surface area contributed by atoms with E-state index in [4.69, 9.17) is 13.5 Å². The van der Waals surface area contributed by atoms with Crippen molar-refractivity contribution in [3.05, 3.63) is 65.0 Å². The van der Waals surface area contributed by atoms with E-state index in [9.17, 15) is 9.36 Å². The lowest BCUT2D eigenvalue weighted by molar-refractivity contribution is 0.229. The van der Waals surface area contributed by atoms with Gasteiger partial charge in [-0.25, -0.2) is 4.79 Å². The van der Waals surface area contributed by atoms with Crippen molar-refractivity contribution >= 4 is 23.9 Å². The van der Waals surface area contributed by atoms with Gasteiger partial charge in [-0.1, -0.05) is 48.5 Å². The fourth-order valence-corrected chi connectivity index (χ4v) is 4.60. The van der Waals surface area contributed by atoms with E-state index in [1.165, 1.54) is 0 Å². The van der Waals surface area contributed by atoms with Gasteiger partial charge in [-0.3, -0.25) is 4.57 Å². The number of para-hydroxylation sites is 1. The van der Waals surface area contributed by atoms with E-state index in [0.717, 1.165) is 5.56 Å². The Morgan fingerprint density at radius 3 is 2.16 bits per heavy atom. The molecule has 0 saturated heterocycles. The Bertz CT molecular complexity index is 968. The van der Waals surface area contributed by atoms with E-state index < -0.39 is 13.2 Å². The highest BCUT2D eigenvalue weighted by atomic mass is 31.2. The van der Waals surface area contributed by atoms with E-state index in [-0.39, 0.29) is 18.5 Å². The second kappa shape index (κ2) is 7.36. The third kappa shape index (κ3) is 3.31. The van der Waals surface area contributed by atoms with Crippen molar-refractivity contribution in [3.63, 3.8) is 0 Å². The summed E-state index contributed by atoms with van der Waals surface area (Å²) in [6, 6.07) is 16.5. The van der Waals surface area contributed by atoms with Gasteiger partial charge in [-0.15, -0.1) is 0 Å². The summed E-state index contributed by atoms with van der Waals surface area (Å²) >= 11 is 0. The largest absolute Gasteiger partial charge is 0.422 e. The molecule has 0 spiro atoms. The molecule has 3 rings (SSSR count). The van der Waals surface area contributed by atoms with Gasteiger partial charge in [0, 0.05) is 10.9 Å². The minimum absolute atomic E-state index is 0.0545. The lowest BCUT2D eigenvalue weighted by Crippen LogP contribution is -2.28. The van der Waals surface area contributed by atoms with Gasteiger partial charge in [0.15, 0.2) is 5.30 Å². The molecule has 0 atom stereocenters. The smallest absolute Gasteiger partial charge is 0.369 e. The summed E-state index contributed by atoms with van der Waals surface area (Å²) in [7, 11) is -3.82. The first-order chi connectivity index (χ1) is 12.1. The highest BCUT2D eigenvalue weighted by molar-refractivity contribution is 7.62. The average Bonchev–Trinajstić information content (AvgIpc) is 2.61. The van der Waals surface area contributed by atoms with Gasteiger partial charge in [0.05, 0.1) is 13.2 Å². The van der Waals surface area contributed by atoms with Gasteiger partial charge < -0.3 is 13.5 Å². The molecule has 0 aliphatic rings. The number of hydrogen-bond donors (Lipinski definition) is 0. The van der Waals surface area contributed by atoms with Gasteiger partial charge in [0.2, 0.25) is 0 Å². The number of hydrogen-bond acceptors (Lipinski definition) is 5. The number of rotatable bonds is 6. The Kier molecular flexibility index (Phi) is 5.19. The molecule has 0 fully saturated rings. The highest BCUT2D eigenvalue weighted by Gasteiger charge is 2.35. The molecule has 0 aliphatic heterocycles. The van der Waals surface area contributed by atoms with Crippen molar-refractivity contribution in [2.75, 3.05) is 13.2 Å². The fraction of sp³-hybridized carbons (Fsp3) is 0.211. The third-order valence-electron chi connectivity index (χ3n) is 3.72. The van der Waals surface area contributed by atoms with Crippen LogP contribution in [0, 0.1) is 0 Å². The molecule has 0 radical (unpaired) electrons. The Morgan fingerprint density at radius 1 is 0.920 bits per heavy atom. The van der Waals surface area contributed by atoms with Crippen LogP contribution in [0.25, 0.3) is 22.1 Å². The molecule has 5 nitrogen and oxygen atoms in total. The topological polar surface area (TPSA) is 65.7 Å². The second-order valence-electron chi connectivity index (χ2n) is 5.31. The van der Waals surface area contributed by atoms with Gasteiger partial charge in [-0.2, -0.15) is 0 Å². The van der Waals surface area contributed by atoms with Crippen LogP contribution in [0.5, 0.6) is 0 Å². The highest BCUT2D eigenvalue weighted by Crippen LogP contribution is 2.49. The lowest BCUT2D eigenvalue weighted by Gasteiger charge is -2.20. The van der Waals surface area contributed by atoms with Crippen LogP contribution in [0.1, 0.15) is 13.8 Å². The molecule has 3 aromatic rings. The summed E-state index contributed by atoms with van der Waals surface area (Å²) in [4.78, 5) is 12.7. The molecule has 0 aliphatic carbocycles. The fourth-order valence-electron chi connectivity index (χ4n) is 2.79. The van der Waals surface area contributed by atoms with Crippen molar-refractivity contribution in [3.8, 4) is 11.1 Å². The summed E-state index contributed by atoms with van der Waals surface area (Å²) in [5, 5.41) is 0.629. The number of fused-ring (bicyclic) bond motifs is 1. The molecule has 2 aromatic carbocycles. The Labute approximate surface area is 145 Å². The minimum atomic E-state index is -3.82. The van der Waals surface area contributed by atoms with Crippen molar-refractivity contribution in [2.45, 2.75) is 13.8 Å². The predicted molar refractivity (Wildman–Crippen MR) is 98.4 cm³/mol. The van der Waals surface area contributed by atoms with Crippen LogP contribution in [-0.4, -0.2) is 13.2 Å². The molecular formula is C19H19O5P. The van der Waals surface area contributed by atoms with Crippen LogP contribution in [0.2, 0.25) is 0 Å². The van der Waals surface area contributed by atoms with Crippen molar-refractivity contribution in [1.82, 2.24) is 0 Å². The molecule has 0 N–H and O–H groups in total. The average molecular weight is 358 g/mol. The standard InChI is InChI=1S/C19H19O5P/c1-3-22-25(21,23-4-2)18-17(14-10-6-5-7-11-14)15-12-8-9-13-16(15)24-19(18)20/h5-13H,3-4H2,1-2H3. The van der Waals surface area contributed by atoms with Crippen LogP contribution in [0.15, 0.2) is 63.8 Å². The molecular weight excluding hydrogens is 339 g/mol. The molecule has 130 valence electrons. The van der Waals surface area contributed by atoms with E-state index in [1.807, 2.05) is 42.5 Å². The Hall–Kier alpha value is -2.20. The van der Waals surface area contributed by atoms with Crippen molar-refractivity contribution in [2.24, 2.45) is 0 Å². The first-order valence-electron chi connectivity index (χ1n) is 8.11. The monoisotopic (exact) mass is 358 g/mol. The molecule has 0 saturated carbocycles.